The second-order valence-corrected chi connectivity index (χ2v) is 2.24. The topological polar surface area (TPSA) is 49.3 Å². The summed E-state index contributed by atoms with van der Waals surface area (Å²) in [7, 11) is 0. The van der Waals surface area contributed by atoms with Crippen molar-refractivity contribution in [3.63, 3.8) is 0 Å². The monoisotopic (exact) mass is 167 g/mol. The minimum atomic E-state index is -0.890. The molecule has 0 amide bonds. The van der Waals surface area contributed by atoms with Crippen molar-refractivity contribution >= 4 is 31.4 Å². The molecule has 3 nitrogen and oxygen atoms in total. The van der Waals surface area contributed by atoms with Crippen molar-refractivity contribution in [2.45, 2.75) is 12.5 Å². The fourth-order valence-electron chi connectivity index (χ4n) is 0.372. The molecule has 0 radical (unpaired) electrons. The number of hydrogen-bond acceptors (Lipinski definition) is 4. The first-order chi connectivity index (χ1) is 4.22. The lowest BCUT2D eigenvalue weighted by molar-refractivity contribution is -0.138. The average Bonchev–Trinajstić information content (AvgIpc) is 1.82. The van der Waals surface area contributed by atoms with Crippen molar-refractivity contribution in [2.75, 3.05) is 5.75 Å². The van der Waals surface area contributed by atoms with Crippen molar-refractivity contribution < 1.29 is 9.90 Å². The largest absolute Gasteiger partial charge is 0.480 e. The van der Waals surface area contributed by atoms with Gasteiger partial charge in [0.1, 0.15) is 6.04 Å². The molecule has 0 aliphatic carbocycles. The number of carboxylic acid groups (broad SMARTS) is 1. The SMILES string of the molecule is O=C(O)[C@H](CCS)NS. The maximum Gasteiger partial charge on any atom is 0.321 e. The number of carbonyl (C=O) groups is 1. The van der Waals surface area contributed by atoms with Gasteiger partial charge in [0.05, 0.1) is 0 Å². The van der Waals surface area contributed by atoms with Gasteiger partial charge in [0.25, 0.3) is 0 Å². The molecule has 0 heterocycles. The van der Waals surface area contributed by atoms with Crippen LogP contribution in [0.2, 0.25) is 0 Å². The number of aliphatic carboxylic acids is 1. The first-order valence-corrected chi connectivity index (χ1v) is 3.53. The Labute approximate surface area is 64.8 Å². The zero-order chi connectivity index (χ0) is 7.28. The molecule has 0 aromatic heterocycles. The Bertz CT molecular complexity index is 98.6. The molecule has 0 saturated carbocycles. The molecule has 0 aliphatic heterocycles. The molecule has 5 heteroatoms. The zero-order valence-electron chi connectivity index (χ0n) is 4.74. The predicted molar refractivity (Wildman–Crippen MR) is 42.0 cm³/mol. The molecular weight excluding hydrogens is 158 g/mol. The van der Waals surface area contributed by atoms with Crippen LogP contribution in [-0.4, -0.2) is 22.9 Å². The van der Waals surface area contributed by atoms with Crippen molar-refractivity contribution in [1.82, 2.24) is 4.72 Å². The fraction of sp³-hybridized carbons (Fsp3) is 0.750. The van der Waals surface area contributed by atoms with E-state index in [-0.39, 0.29) is 0 Å². The maximum atomic E-state index is 10.2. The normalized spacial score (nSPS) is 13.1. The van der Waals surface area contributed by atoms with E-state index in [1.54, 1.807) is 0 Å². The van der Waals surface area contributed by atoms with E-state index in [1.807, 2.05) is 0 Å². The van der Waals surface area contributed by atoms with Crippen LogP contribution in [0.15, 0.2) is 0 Å². The molecule has 54 valence electrons. The smallest absolute Gasteiger partial charge is 0.321 e. The number of hydrogen-bond donors (Lipinski definition) is 4. The minimum absolute atomic E-state index is 0.488. The van der Waals surface area contributed by atoms with E-state index in [4.69, 9.17) is 5.11 Å². The molecule has 0 bridgehead atoms. The van der Waals surface area contributed by atoms with Crippen LogP contribution in [0.1, 0.15) is 6.42 Å². The Morgan fingerprint density at radius 3 is 2.44 bits per heavy atom. The van der Waals surface area contributed by atoms with Crippen molar-refractivity contribution in [3.8, 4) is 0 Å². The van der Waals surface area contributed by atoms with Gasteiger partial charge in [-0.2, -0.15) is 12.6 Å². The van der Waals surface area contributed by atoms with Gasteiger partial charge in [-0.3, -0.25) is 9.52 Å². The molecule has 9 heavy (non-hydrogen) atoms. The minimum Gasteiger partial charge on any atom is -0.480 e. The molecule has 1 atom stereocenters. The number of thiol groups is 2. The van der Waals surface area contributed by atoms with Crippen LogP contribution in [0.4, 0.5) is 0 Å². The fourth-order valence-corrected chi connectivity index (χ4v) is 0.870. The highest BCUT2D eigenvalue weighted by Gasteiger charge is 2.12. The summed E-state index contributed by atoms with van der Waals surface area (Å²) in [6.45, 7) is 0. The highest BCUT2D eigenvalue weighted by atomic mass is 32.1. The number of nitrogens with one attached hydrogen (secondary N) is 1. The van der Waals surface area contributed by atoms with Gasteiger partial charge < -0.3 is 5.11 Å². The van der Waals surface area contributed by atoms with Crippen molar-refractivity contribution in [3.05, 3.63) is 0 Å². The molecular formula is C4H9NO2S2. The highest BCUT2D eigenvalue weighted by molar-refractivity contribution is 7.80. The van der Waals surface area contributed by atoms with E-state index >= 15 is 0 Å². The van der Waals surface area contributed by atoms with Crippen LogP contribution >= 0.6 is 25.4 Å². The van der Waals surface area contributed by atoms with E-state index < -0.39 is 12.0 Å². The van der Waals surface area contributed by atoms with Crippen molar-refractivity contribution in [2.24, 2.45) is 0 Å². The maximum absolute atomic E-state index is 10.2. The molecule has 0 spiro atoms. The van der Waals surface area contributed by atoms with Gasteiger partial charge in [0, 0.05) is 0 Å². The summed E-state index contributed by atoms with van der Waals surface area (Å²) in [5.74, 6) is -0.344. The second kappa shape index (κ2) is 4.96. The second-order valence-electron chi connectivity index (χ2n) is 1.53. The van der Waals surface area contributed by atoms with Gasteiger partial charge in [-0.15, -0.1) is 0 Å². The van der Waals surface area contributed by atoms with E-state index in [0.717, 1.165) is 0 Å². The average molecular weight is 167 g/mol. The molecule has 2 N–H and O–H groups in total. The Balaban J connectivity index is 3.54. The van der Waals surface area contributed by atoms with Crippen LogP contribution in [0.25, 0.3) is 0 Å². The summed E-state index contributed by atoms with van der Waals surface area (Å²) in [4.78, 5) is 10.2. The Hall–Kier alpha value is 0.130. The summed E-state index contributed by atoms with van der Waals surface area (Å²) in [6, 6.07) is -0.578. The zero-order valence-corrected chi connectivity index (χ0v) is 6.53. The van der Waals surface area contributed by atoms with E-state index in [9.17, 15) is 4.79 Å². The van der Waals surface area contributed by atoms with Gasteiger partial charge >= 0.3 is 5.97 Å². The molecule has 0 saturated heterocycles. The van der Waals surface area contributed by atoms with E-state index in [0.29, 0.717) is 12.2 Å². The van der Waals surface area contributed by atoms with E-state index in [2.05, 4.69) is 30.2 Å². The molecule has 0 unspecified atom stereocenters. The summed E-state index contributed by atoms with van der Waals surface area (Å²) < 4.78 is 2.35. The lowest BCUT2D eigenvalue weighted by atomic mass is 10.2. The molecule has 0 aromatic rings. The summed E-state index contributed by atoms with van der Waals surface area (Å²) >= 11 is 7.50. The third-order valence-corrected chi connectivity index (χ3v) is 1.44. The third-order valence-electron chi connectivity index (χ3n) is 0.872. The summed E-state index contributed by atoms with van der Waals surface area (Å²) in [6.07, 6.45) is 0.488. The van der Waals surface area contributed by atoms with Crippen LogP contribution in [-0.2, 0) is 4.79 Å². The van der Waals surface area contributed by atoms with Crippen LogP contribution in [0.3, 0.4) is 0 Å². The highest BCUT2D eigenvalue weighted by Crippen LogP contribution is 1.94. The molecule has 0 aromatic carbocycles. The molecule has 0 fully saturated rings. The van der Waals surface area contributed by atoms with Crippen molar-refractivity contribution in [1.29, 1.82) is 0 Å². The van der Waals surface area contributed by atoms with Gasteiger partial charge in [-0.05, 0) is 12.2 Å². The first kappa shape index (κ1) is 9.13. The Morgan fingerprint density at radius 1 is 1.78 bits per heavy atom. The van der Waals surface area contributed by atoms with Crippen LogP contribution in [0.5, 0.6) is 0 Å². The quantitative estimate of drug-likeness (QED) is 0.452. The number of carboxylic acids is 1. The van der Waals surface area contributed by atoms with E-state index in [1.165, 1.54) is 0 Å². The third kappa shape index (κ3) is 3.66. The molecule has 0 aliphatic rings. The lowest BCUT2D eigenvalue weighted by Crippen LogP contribution is -2.30. The lowest BCUT2D eigenvalue weighted by Gasteiger charge is -2.06. The van der Waals surface area contributed by atoms with Crippen LogP contribution in [0, 0.1) is 0 Å². The van der Waals surface area contributed by atoms with Gasteiger partial charge in [0.15, 0.2) is 0 Å². The predicted octanol–water partition coefficient (Wildman–Crippen LogP) is 0.194. The first-order valence-electron chi connectivity index (χ1n) is 2.45. The van der Waals surface area contributed by atoms with Crippen LogP contribution < -0.4 is 4.72 Å². The standard InChI is InChI=1S/C4H9NO2S2/c6-4(7)3(5-9)1-2-8/h3,5,8-9H,1-2H2,(H,6,7)/t3-/m0/s1. The van der Waals surface area contributed by atoms with Gasteiger partial charge in [0.2, 0.25) is 0 Å². The number of rotatable bonds is 4. The Morgan fingerprint density at radius 2 is 2.33 bits per heavy atom. The molecule has 0 rings (SSSR count). The van der Waals surface area contributed by atoms with Gasteiger partial charge in [-0.25, -0.2) is 0 Å². The summed E-state index contributed by atoms with van der Waals surface area (Å²) in [5.41, 5.74) is 0. The summed E-state index contributed by atoms with van der Waals surface area (Å²) in [5, 5.41) is 8.36. The van der Waals surface area contributed by atoms with Gasteiger partial charge in [-0.1, -0.05) is 12.8 Å². The Kier molecular flexibility index (Phi) is 5.03.